The molecule has 110 valence electrons. The smallest absolute Gasteiger partial charge is 0.205 e. The van der Waals surface area contributed by atoms with Gasteiger partial charge in [0.15, 0.2) is 17.7 Å². The summed E-state index contributed by atoms with van der Waals surface area (Å²) in [7, 11) is 0. The number of rotatable bonds is 4. The second-order valence-electron chi connectivity index (χ2n) is 4.68. The Kier molecular flexibility index (Phi) is 4.31. The zero-order chi connectivity index (χ0) is 15.6. The lowest BCUT2D eigenvalue weighted by Crippen LogP contribution is -2.25. The molecule has 0 bridgehead atoms. The molecule has 0 spiro atoms. The van der Waals surface area contributed by atoms with E-state index in [4.69, 9.17) is 4.74 Å². The van der Waals surface area contributed by atoms with Crippen LogP contribution >= 0.6 is 0 Å². The summed E-state index contributed by atoms with van der Waals surface area (Å²) in [6.07, 6.45) is -1.10. The third-order valence-corrected chi connectivity index (χ3v) is 2.96. The average molecular weight is 294 g/mol. The zero-order valence-electron chi connectivity index (χ0n) is 11.5. The van der Waals surface area contributed by atoms with Crippen molar-refractivity contribution in [3.63, 3.8) is 0 Å². The number of ketones is 1. The summed E-state index contributed by atoms with van der Waals surface area (Å²) in [5.74, 6) is -3.13. The van der Waals surface area contributed by atoms with Crippen LogP contribution in [0.15, 0.2) is 36.4 Å². The van der Waals surface area contributed by atoms with Crippen LogP contribution in [0.1, 0.15) is 22.8 Å². The zero-order valence-corrected chi connectivity index (χ0v) is 11.5. The first-order chi connectivity index (χ1) is 9.88. The van der Waals surface area contributed by atoms with E-state index in [1.54, 1.807) is 13.0 Å². The highest BCUT2D eigenvalue weighted by molar-refractivity contribution is 5.99. The van der Waals surface area contributed by atoms with Crippen LogP contribution in [0.4, 0.5) is 13.2 Å². The van der Waals surface area contributed by atoms with E-state index in [-0.39, 0.29) is 11.3 Å². The molecule has 0 fully saturated rings. The maximum Gasteiger partial charge on any atom is 0.205 e. The highest BCUT2D eigenvalue weighted by atomic mass is 19.1. The molecule has 0 heterocycles. The van der Waals surface area contributed by atoms with Crippen molar-refractivity contribution >= 4 is 5.78 Å². The highest BCUT2D eigenvalue weighted by Gasteiger charge is 2.21. The predicted octanol–water partition coefficient (Wildman–Crippen LogP) is 4.06. The Morgan fingerprint density at radius 1 is 1.05 bits per heavy atom. The number of Topliss-reactive ketones (excluding diaryl/α,β-unsaturated/α-hetero) is 1. The number of carbonyl (C=O) groups excluding carboxylic acids is 1. The van der Waals surface area contributed by atoms with Gasteiger partial charge in [0.05, 0.1) is 5.56 Å². The summed E-state index contributed by atoms with van der Waals surface area (Å²) >= 11 is 0. The minimum absolute atomic E-state index is 0.0848. The predicted molar refractivity (Wildman–Crippen MR) is 71.9 cm³/mol. The van der Waals surface area contributed by atoms with Crippen molar-refractivity contribution in [2.45, 2.75) is 20.0 Å². The molecule has 0 aliphatic carbocycles. The third-order valence-electron chi connectivity index (χ3n) is 2.96. The van der Waals surface area contributed by atoms with Crippen LogP contribution in [0.25, 0.3) is 0 Å². The van der Waals surface area contributed by atoms with Gasteiger partial charge in [0.1, 0.15) is 11.6 Å². The summed E-state index contributed by atoms with van der Waals surface area (Å²) in [6, 6.07) is 6.87. The van der Waals surface area contributed by atoms with Crippen molar-refractivity contribution in [1.82, 2.24) is 0 Å². The number of hydrogen-bond donors (Lipinski definition) is 0. The van der Waals surface area contributed by atoms with Gasteiger partial charge in [0.25, 0.3) is 0 Å². The molecule has 0 saturated carbocycles. The molecule has 1 unspecified atom stereocenters. The molecule has 5 heteroatoms. The first kappa shape index (κ1) is 15.1. The first-order valence-electron chi connectivity index (χ1n) is 6.30. The molecule has 21 heavy (non-hydrogen) atoms. The van der Waals surface area contributed by atoms with E-state index < -0.39 is 29.3 Å². The van der Waals surface area contributed by atoms with Gasteiger partial charge in [-0.25, -0.2) is 13.2 Å². The fourth-order valence-corrected chi connectivity index (χ4v) is 1.85. The first-order valence-corrected chi connectivity index (χ1v) is 6.30. The molecule has 2 rings (SSSR count). The van der Waals surface area contributed by atoms with Gasteiger partial charge in [-0.2, -0.15) is 0 Å². The monoisotopic (exact) mass is 294 g/mol. The molecule has 0 saturated heterocycles. The fourth-order valence-electron chi connectivity index (χ4n) is 1.85. The van der Waals surface area contributed by atoms with Gasteiger partial charge in [-0.3, -0.25) is 4.79 Å². The summed E-state index contributed by atoms with van der Waals surface area (Å²) in [4.78, 5) is 12.1. The van der Waals surface area contributed by atoms with Crippen molar-refractivity contribution in [2.75, 3.05) is 0 Å². The lowest BCUT2D eigenvalue weighted by Gasteiger charge is -2.15. The third kappa shape index (κ3) is 3.42. The van der Waals surface area contributed by atoms with Gasteiger partial charge in [-0.15, -0.1) is 0 Å². The number of aryl methyl sites for hydroxylation is 1. The van der Waals surface area contributed by atoms with Crippen molar-refractivity contribution in [3.05, 3.63) is 65.0 Å². The molecule has 0 amide bonds. The lowest BCUT2D eigenvalue weighted by atomic mass is 10.1. The Hall–Kier alpha value is -2.30. The number of benzene rings is 2. The fraction of sp³-hybridized carbons (Fsp3) is 0.188. The number of carbonyl (C=O) groups is 1. The van der Waals surface area contributed by atoms with Gasteiger partial charge in [-0.1, -0.05) is 6.07 Å². The van der Waals surface area contributed by atoms with Gasteiger partial charge < -0.3 is 4.74 Å². The second-order valence-corrected chi connectivity index (χ2v) is 4.68. The Morgan fingerprint density at radius 2 is 1.76 bits per heavy atom. The molecule has 2 aromatic carbocycles. The molecule has 1 atom stereocenters. The summed E-state index contributed by atoms with van der Waals surface area (Å²) in [6.45, 7) is 3.13. The van der Waals surface area contributed by atoms with E-state index in [1.165, 1.54) is 19.1 Å². The van der Waals surface area contributed by atoms with Crippen LogP contribution < -0.4 is 4.74 Å². The summed E-state index contributed by atoms with van der Waals surface area (Å²) in [5, 5.41) is 0. The Bertz CT molecular complexity index is 683. The topological polar surface area (TPSA) is 26.3 Å². The van der Waals surface area contributed by atoms with E-state index in [0.717, 1.165) is 17.7 Å². The minimum atomic E-state index is -1.10. The largest absolute Gasteiger partial charge is 0.479 e. The van der Waals surface area contributed by atoms with Crippen LogP contribution in [-0.4, -0.2) is 11.9 Å². The van der Waals surface area contributed by atoms with Crippen molar-refractivity contribution < 1.29 is 22.7 Å². The van der Waals surface area contributed by atoms with Crippen LogP contribution in [0.5, 0.6) is 5.75 Å². The Balaban J connectivity index is 2.21. The van der Waals surface area contributed by atoms with Crippen LogP contribution in [0, 0.1) is 24.4 Å². The van der Waals surface area contributed by atoms with E-state index >= 15 is 0 Å². The molecule has 0 N–H and O–H groups in total. The Morgan fingerprint density at radius 3 is 2.43 bits per heavy atom. The van der Waals surface area contributed by atoms with Gasteiger partial charge in [0.2, 0.25) is 5.78 Å². The lowest BCUT2D eigenvalue weighted by molar-refractivity contribution is 0.0807. The van der Waals surface area contributed by atoms with Crippen molar-refractivity contribution in [3.8, 4) is 5.75 Å². The van der Waals surface area contributed by atoms with Crippen molar-refractivity contribution in [1.29, 1.82) is 0 Å². The van der Waals surface area contributed by atoms with Gasteiger partial charge >= 0.3 is 0 Å². The van der Waals surface area contributed by atoms with E-state index in [0.29, 0.717) is 6.07 Å². The summed E-state index contributed by atoms with van der Waals surface area (Å²) < 4.78 is 45.2. The van der Waals surface area contributed by atoms with E-state index in [9.17, 15) is 18.0 Å². The maximum atomic E-state index is 13.6. The van der Waals surface area contributed by atoms with Gasteiger partial charge in [-0.05, 0) is 43.7 Å². The van der Waals surface area contributed by atoms with E-state index in [1.807, 2.05) is 0 Å². The number of hydrogen-bond acceptors (Lipinski definition) is 2. The number of halogens is 3. The van der Waals surface area contributed by atoms with Crippen LogP contribution in [0.3, 0.4) is 0 Å². The van der Waals surface area contributed by atoms with E-state index in [2.05, 4.69) is 0 Å². The normalized spacial score (nSPS) is 12.0. The maximum absolute atomic E-state index is 13.6. The molecular weight excluding hydrogens is 281 g/mol. The minimum Gasteiger partial charge on any atom is -0.479 e. The SMILES string of the molecule is Cc1ccc(F)c(OC(C)C(=O)c2ccc(F)cc2F)c1. The molecule has 0 aromatic heterocycles. The highest BCUT2D eigenvalue weighted by Crippen LogP contribution is 2.21. The van der Waals surface area contributed by atoms with Gasteiger partial charge in [0, 0.05) is 6.07 Å². The molecule has 2 nitrogen and oxygen atoms in total. The molecule has 0 aliphatic rings. The molecule has 0 aliphatic heterocycles. The molecular formula is C16H13F3O2. The van der Waals surface area contributed by atoms with Crippen LogP contribution in [-0.2, 0) is 0 Å². The molecule has 0 radical (unpaired) electrons. The van der Waals surface area contributed by atoms with Crippen molar-refractivity contribution in [2.24, 2.45) is 0 Å². The average Bonchev–Trinajstić information content (AvgIpc) is 2.42. The summed E-state index contributed by atoms with van der Waals surface area (Å²) in [5.41, 5.74) is 0.468. The standard InChI is InChI=1S/C16H13F3O2/c1-9-3-6-13(18)15(7-9)21-10(2)16(20)12-5-4-11(17)8-14(12)19/h3-8,10H,1-2H3. The second kappa shape index (κ2) is 5.99. The van der Waals surface area contributed by atoms with Crippen LogP contribution in [0.2, 0.25) is 0 Å². The molecule has 2 aromatic rings. The Labute approximate surface area is 120 Å². The quantitative estimate of drug-likeness (QED) is 0.795. The number of ether oxygens (including phenoxy) is 1.